The number of carbonyl (C=O) groups is 2. The zero-order valence-corrected chi connectivity index (χ0v) is 23.3. The Hall–Kier alpha value is -2.93. The summed E-state index contributed by atoms with van der Waals surface area (Å²) in [6.45, 7) is 3.53. The first-order valence-corrected chi connectivity index (χ1v) is 13.8. The van der Waals surface area contributed by atoms with Crippen LogP contribution in [0.4, 0.5) is 5.69 Å². The number of hydrogen-bond acceptors (Lipinski definition) is 7. The Morgan fingerprint density at radius 3 is 2.50 bits per heavy atom. The first kappa shape index (κ1) is 26.7. The van der Waals surface area contributed by atoms with Crippen LogP contribution >= 0.6 is 0 Å². The van der Waals surface area contributed by atoms with E-state index < -0.39 is 17.0 Å². The molecule has 0 saturated heterocycles. The SMILES string of the molecule is COCC(=O)[C@@]1(OC(C)=O)CCC2C3CCC4=C/C(=N\O)CCC4=C3C(c3ccc(N(C)C)cc3)C[C@@]21C. The number of benzene rings is 1. The molecule has 7 heteroatoms. The van der Waals surface area contributed by atoms with E-state index in [9.17, 15) is 14.8 Å². The van der Waals surface area contributed by atoms with Gasteiger partial charge in [0.2, 0.25) is 5.78 Å². The number of anilines is 1. The minimum Gasteiger partial charge on any atom is -0.451 e. The van der Waals surface area contributed by atoms with Gasteiger partial charge in [-0.3, -0.25) is 9.59 Å². The van der Waals surface area contributed by atoms with Crippen LogP contribution < -0.4 is 4.90 Å². The number of ether oxygens (including phenoxy) is 2. The minimum atomic E-state index is -1.18. The Morgan fingerprint density at radius 1 is 1.13 bits per heavy atom. The van der Waals surface area contributed by atoms with Crippen molar-refractivity contribution in [3.05, 3.63) is 52.6 Å². The summed E-state index contributed by atoms with van der Waals surface area (Å²) >= 11 is 0. The van der Waals surface area contributed by atoms with Gasteiger partial charge in [-0.15, -0.1) is 0 Å². The van der Waals surface area contributed by atoms with Gasteiger partial charge in [0.15, 0.2) is 5.60 Å². The predicted molar refractivity (Wildman–Crippen MR) is 147 cm³/mol. The Bertz CT molecular complexity index is 1210. The lowest BCUT2D eigenvalue weighted by molar-refractivity contribution is -0.185. The summed E-state index contributed by atoms with van der Waals surface area (Å²) in [6.07, 6.45) is 7.67. The Balaban J connectivity index is 1.68. The number of carbonyl (C=O) groups excluding carboxylic acids is 2. The van der Waals surface area contributed by atoms with Gasteiger partial charge in [0.25, 0.3) is 0 Å². The van der Waals surface area contributed by atoms with Gasteiger partial charge < -0.3 is 19.6 Å². The largest absolute Gasteiger partial charge is 0.451 e. The molecule has 4 aliphatic rings. The van der Waals surface area contributed by atoms with Gasteiger partial charge in [-0.25, -0.2) is 0 Å². The van der Waals surface area contributed by atoms with E-state index in [1.807, 2.05) is 14.1 Å². The third-order valence-corrected chi connectivity index (χ3v) is 9.85. The number of nitrogens with zero attached hydrogens (tertiary/aromatic N) is 2. The monoisotopic (exact) mass is 520 g/mol. The normalized spacial score (nSPS) is 33.2. The highest BCUT2D eigenvalue weighted by atomic mass is 16.6. The molecule has 1 aromatic carbocycles. The fourth-order valence-corrected chi connectivity index (χ4v) is 8.22. The van der Waals surface area contributed by atoms with Crippen LogP contribution in [0.2, 0.25) is 0 Å². The van der Waals surface area contributed by atoms with Crippen molar-refractivity contribution in [2.75, 3.05) is 32.7 Å². The molecule has 0 radical (unpaired) electrons. The lowest BCUT2D eigenvalue weighted by Gasteiger charge is -2.55. The van der Waals surface area contributed by atoms with Crippen molar-refractivity contribution in [1.82, 2.24) is 0 Å². The molecular formula is C31H40N2O5. The number of oxime groups is 1. The fourth-order valence-electron chi connectivity index (χ4n) is 8.22. The van der Waals surface area contributed by atoms with E-state index in [1.54, 1.807) is 0 Å². The van der Waals surface area contributed by atoms with E-state index in [1.165, 1.54) is 36.3 Å². The molecular weight excluding hydrogens is 480 g/mol. The lowest BCUT2D eigenvalue weighted by Crippen LogP contribution is -2.58. The van der Waals surface area contributed by atoms with Gasteiger partial charge in [-0.05, 0) is 91.7 Å². The van der Waals surface area contributed by atoms with Crippen molar-refractivity contribution < 1.29 is 24.3 Å². The van der Waals surface area contributed by atoms with Crippen molar-refractivity contribution in [3.63, 3.8) is 0 Å². The number of methoxy groups -OCH3 is 1. The van der Waals surface area contributed by atoms with E-state index in [4.69, 9.17) is 9.47 Å². The van der Waals surface area contributed by atoms with Crippen LogP contribution in [0.15, 0.2) is 52.2 Å². The summed E-state index contributed by atoms with van der Waals surface area (Å²) in [5.74, 6) is 0.101. The van der Waals surface area contributed by atoms with Crippen LogP contribution in [0.25, 0.3) is 0 Å². The Labute approximate surface area is 225 Å². The molecule has 1 aromatic rings. The van der Waals surface area contributed by atoms with Gasteiger partial charge in [0, 0.05) is 45.1 Å². The first-order chi connectivity index (χ1) is 18.1. The number of hydrogen-bond donors (Lipinski definition) is 1. The zero-order chi connectivity index (χ0) is 27.2. The summed E-state index contributed by atoms with van der Waals surface area (Å²) < 4.78 is 11.4. The third kappa shape index (κ3) is 4.10. The second kappa shape index (κ2) is 9.99. The number of fused-ring (bicyclic) bond motifs is 4. The molecule has 0 aliphatic heterocycles. The molecule has 204 valence electrons. The molecule has 3 unspecified atom stereocenters. The number of esters is 1. The molecule has 2 saturated carbocycles. The minimum absolute atomic E-state index is 0.0629. The molecule has 0 aromatic heterocycles. The van der Waals surface area contributed by atoms with Crippen molar-refractivity contribution in [1.29, 1.82) is 0 Å². The maximum Gasteiger partial charge on any atom is 0.303 e. The van der Waals surface area contributed by atoms with Crippen LogP contribution in [-0.2, 0) is 19.1 Å². The van der Waals surface area contributed by atoms with Crippen molar-refractivity contribution >= 4 is 23.2 Å². The molecule has 0 heterocycles. The van der Waals surface area contributed by atoms with E-state index in [0.29, 0.717) is 12.3 Å². The highest BCUT2D eigenvalue weighted by Crippen LogP contribution is 2.67. The molecule has 4 aliphatic carbocycles. The average Bonchev–Trinajstić information content (AvgIpc) is 3.20. The van der Waals surface area contributed by atoms with E-state index in [-0.39, 0.29) is 24.2 Å². The molecule has 5 rings (SSSR count). The summed E-state index contributed by atoms with van der Waals surface area (Å²) in [5, 5.41) is 12.9. The van der Waals surface area contributed by atoms with Crippen molar-refractivity contribution in [2.45, 2.75) is 70.3 Å². The van der Waals surface area contributed by atoms with Crippen molar-refractivity contribution in [2.24, 2.45) is 22.4 Å². The van der Waals surface area contributed by atoms with Gasteiger partial charge in [0.05, 0.1) is 5.71 Å². The molecule has 1 N–H and O–H groups in total. The Kier molecular flexibility index (Phi) is 7.01. The van der Waals surface area contributed by atoms with E-state index >= 15 is 0 Å². The second-order valence-electron chi connectivity index (χ2n) is 11.9. The summed E-state index contributed by atoms with van der Waals surface area (Å²) in [5.41, 5.74) is 5.59. The number of rotatable bonds is 6. The first-order valence-electron chi connectivity index (χ1n) is 13.8. The lowest BCUT2D eigenvalue weighted by atomic mass is 9.50. The quantitative estimate of drug-likeness (QED) is 0.306. The summed E-state index contributed by atoms with van der Waals surface area (Å²) in [7, 11) is 5.60. The van der Waals surface area contributed by atoms with Crippen LogP contribution in [0.5, 0.6) is 0 Å². The maximum atomic E-state index is 13.7. The van der Waals surface area contributed by atoms with Crippen LogP contribution in [0, 0.1) is 17.3 Å². The van der Waals surface area contributed by atoms with Crippen molar-refractivity contribution in [3.8, 4) is 0 Å². The average molecular weight is 521 g/mol. The van der Waals surface area contributed by atoms with E-state index in [0.717, 1.165) is 49.9 Å². The molecule has 2 fully saturated rings. The highest BCUT2D eigenvalue weighted by molar-refractivity contribution is 5.97. The van der Waals surface area contributed by atoms with Crippen LogP contribution in [0.1, 0.15) is 70.3 Å². The molecule has 0 bridgehead atoms. The molecule has 0 spiro atoms. The Morgan fingerprint density at radius 2 is 1.87 bits per heavy atom. The number of allylic oxidation sites excluding steroid dienone is 4. The molecule has 5 atom stereocenters. The summed E-state index contributed by atoms with van der Waals surface area (Å²) in [6, 6.07) is 8.75. The molecule has 0 amide bonds. The summed E-state index contributed by atoms with van der Waals surface area (Å²) in [4.78, 5) is 28.3. The predicted octanol–water partition coefficient (Wildman–Crippen LogP) is 5.43. The standard InChI is InChI=1S/C31H40N2O5/c1-19(34)38-31(28(35)18-37-5)15-14-27-25-12-8-21-16-22(32-36)9-13-24(21)29(25)26(17-30(27,31)2)20-6-10-23(11-7-20)33(3)4/h6-7,10-11,16,25-27,36H,8-9,12-15,17-18H2,1-5H3/b32-22-/t25?,26?,27?,30-,31-/m0/s1. The number of ketones is 1. The van der Waals surface area contributed by atoms with Gasteiger partial charge in [-0.2, -0.15) is 0 Å². The van der Waals surface area contributed by atoms with Gasteiger partial charge in [0.1, 0.15) is 6.61 Å². The second-order valence-corrected chi connectivity index (χ2v) is 11.9. The van der Waals surface area contributed by atoms with E-state index in [2.05, 4.69) is 47.3 Å². The van der Waals surface area contributed by atoms with Gasteiger partial charge in [-0.1, -0.05) is 29.8 Å². The maximum absolute atomic E-state index is 13.7. The molecule has 7 nitrogen and oxygen atoms in total. The molecule has 38 heavy (non-hydrogen) atoms. The van der Waals surface area contributed by atoms with Crippen LogP contribution in [-0.4, -0.2) is 56.1 Å². The highest BCUT2D eigenvalue weighted by Gasteiger charge is 2.68. The topological polar surface area (TPSA) is 88.4 Å². The smallest absolute Gasteiger partial charge is 0.303 e. The fraction of sp³-hybridized carbons (Fsp3) is 0.581. The third-order valence-electron chi connectivity index (χ3n) is 9.85. The van der Waals surface area contributed by atoms with Crippen LogP contribution in [0.3, 0.4) is 0 Å². The zero-order valence-electron chi connectivity index (χ0n) is 23.3. The van der Waals surface area contributed by atoms with Gasteiger partial charge >= 0.3 is 5.97 Å². The number of Topliss-reactive ketones (excluding diaryl/α,β-unsaturated/α-hetero) is 1.